The summed E-state index contributed by atoms with van der Waals surface area (Å²) in [5.41, 5.74) is -0.545. The molecule has 2 atom stereocenters. The monoisotopic (exact) mass is 244 g/mol. The number of amides is 1. The molecule has 16 heavy (non-hydrogen) atoms. The van der Waals surface area contributed by atoms with Crippen molar-refractivity contribution in [3.8, 4) is 0 Å². The van der Waals surface area contributed by atoms with Gasteiger partial charge in [-0.05, 0) is 13.8 Å². The molecule has 6 nitrogen and oxygen atoms in total. The molecule has 0 aliphatic carbocycles. The van der Waals surface area contributed by atoms with E-state index in [9.17, 15) is 9.59 Å². The third-order valence-corrected chi connectivity index (χ3v) is 3.91. The first-order valence-corrected chi connectivity index (χ1v) is 5.62. The second-order valence-electron chi connectivity index (χ2n) is 4.04. The number of hydrogen-bond acceptors (Lipinski definition) is 6. The lowest BCUT2D eigenvalue weighted by Crippen LogP contribution is -2.52. The highest BCUT2D eigenvalue weighted by Crippen LogP contribution is 2.45. The maximum absolute atomic E-state index is 11.7. The summed E-state index contributed by atoms with van der Waals surface area (Å²) in [6, 6.07) is -0.647. The molecule has 0 saturated carbocycles. The van der Waals surface area contributed by atoms with Crippen LogP contribution in [0, 0.1) is 0 Å². The number of carbonyl (C=O) groups is 2. The fourth-order valence-electron chi connectivity index (χ4n) is 1.84. The highest BCUT2D eigenvalue weighted by Gasteiger charge is 2.56. The van der Waals surface area contributed by atoms with Crippen molar-refractivity contribution in [2.24, 2.45) is 5.16 Å². The maximum atomic E-state index is 11.7. The van der Waals surface area contributed by atoms with Crippen LogP contribution in [0.5, 0.6) is 0 Å². The van der Waals surface area contributed by atoms with Crippen LogP contribution in [0.1, 0.15) is 13.8 Å². The molecule has 0 radical (unpaired) electrons. The predicted molar refractivity (Wildman–Crippen MR) is 57.7 cm³/mol. The summed E-state index contributed by atoms with van der Waals surface area (Å²) in [4.78, 5) is 29.8. The predicted octanol–water partition coefficient (Wildman–Crippen LogP) is 0.182. The number of thioether (sulfide) groups is 1. The fraction of sp³-hybridized carbons (Fsp3) is 0.667. The molecule has 0 aromatic carbocycles. The van der Waals surface area contributed by atoms with Gasteiger partial charge in [0.25, 0.3) is 11.5 Å². The molecule has 0 N–H and O–H groups in total. The Morgan fingerprint density at radius 3 is 3.00 bits per heavy atom. The Hall–Kier alpha value is -1.24. The van der Waals surface area contributed by atoms with Gasteiger partial charge in [-0.3, -0.25) is 9.69 Å². The van der Waals surface area contributed by atoms with Crippen molar-refractivity contribution in [3.05, 3.63) is 0 Å². The summed E-state index contributed by atoms with van der Waals surface area (Å²) >= 11 is 1.38. The average Bonchev–Trinajstić information content (AvgIpc) is 2.49. The lowest BCUT2D eigenvalue weighted by Gasteiger charge is -2.29. The summed E-state index contributed by atoms with van der Waals surface area (Å²) in [5, 5.41) is 3.50. The lowest BCUT2D eigenvalue weighted by atomic mass is 10.0. The second kappa shape index (κ2) is 3.65. The van der Waals surface area contributed by atoms with Gasteiger partial charge in [-0.1, -0.05) is 16.9 Å². The quantitative estimate of drug-likeness (QED) is 0.615. The van der Waals surface area contributed by atoms with Crippen LogP contribution < -0.4 is 0 Å². The largest absolute Gasteiger partial charge is 0.467 e. The summed E-state index contributed by atoms with van der Waals surface area (Å²) in [5.74, 6) is -0.767. The van der Waals surface area contributed by atoms with E-state index in [0.717, 1.165) is 6.21 Å². The topological polar surface area (TPSA) is 68.2 Å². The highest BCUT2D eigenvalue weighted by molar-refractivity contribution is 8.01. The van der Waals surface area contributed by atoms with E-state index in [1.54, 1.807) is 0 Å². The molecule has 0 aromatic heterocycles. The van der Waals surface area contributed by atoms with Gasteiger partial charge in [0.15, 0.2) is 0 Å². The molecule has 0 bridgehead atoms. The maximum Gasteiger partial charge on any atom is 0.330 e. The van der Waals surface area contributed by atoms with Crippen LogP contribution in [0.4, 0.5) is 0 Å². The summed E-state index contributed by atoms with van der Waals surface area (Å²) in [6.07, 6.45) is 1.06. The zero-order valence-corrected chi connectivity index (χ0v) is 9.98. The number of oxime groups is 1. The lowest BCUT2D eigenvalue weighted by molar-refractivity contribution is -0.157. The summed E-state index contributed by atoms with van der Waals surface area (Å²) < 4.78 is 4.26. The Balaban J connectivity index is 2.35. The molecular weight excluding hydrogens is 232 g/mol. The van der Waals surface area contributed by atoms with Gasteiger partial charge in [-0.25, -0.2) is 4.79 Å². The Morgan fingerprint density at radius 1 is 1.69 bits per heavy atom. The molecule has 88 valence electrons. The minimum absolute atomic E-state index is 0.329. The Morgan fingerprint density at radius 2 is 2.38 bits per heavy atom. The van der Waals surface area contributed by atoms with E-state index < -0.39 is 22.3 Å². The van der Waals surface area contributed by atoms with E-state index in [1.807, 2.05) is 13.8 Å². The zero-order valence-electron chi connectivity index (χ0n) is 9.17. The van der Waals surface area contributed by atoms with Crippen LogP contribution >= 0.6 is 11.8 Å². The van der Waals surface area contributed by atoms with Crippen molar-refractivity contribution in [2.45, 2.75) is 30.2 Å². The first kappa shape index (κ1) is 11.3. The van der Waals surface area contributed by atoms with Gasteiger partial charge >= 0.3 is 5.97 Å². The number of rotatable bonds is 1. The van der Waals surface area contributed by atoms with Crippen molar-refractivity contribution in [1.29, 1.82) is 0 Å². The van der Waals surface area contributed by atoms with Crippen molar-refractivity contribution < 1.29 is 19.2 Å². The van der Waals surface area contributed by atoms with Crippen LogP contribution in [-0.4, -0.2) is 46.4 Å². The molecule has 2 rings (SSSR count). The Kier molecular flexibility index (Phi) is 2.57. The average molecular weight is 244 g/mol. The van der Waals surface area contributed by atoms with Crippen LogP contribution in [0.15, 0.2) is 5.16 Å². The SMILES string of the molecule is COC(=O)[C@@H]1N2C(=O)C=NO[C@H]2SC1(C)C. The molecular formula is C9H12N2O4S. The van der Waals surface area contributed by atoms with E-state index in [1.165, 1.54) is 23.8 Å². The smallest absolute Gasteiger partial charge is 0.330 e. The van der Waals surface area contributed by atoms with Gasteiger partial charge in [-0.2, -0.15) is 0 Å². The fourth-order valence-corrected chi connectivity index (χ4v) is 3.13. The molecule has 2 aliphatic heterocycles. The molecule has 2 heterocycles. The third kappa shape index (κ3) is 1.55. The minimum Gasteiger partial charge on any atom is -0.467 e. The van der Waals surface area contributed by atoms with Gasteiger partial charge in [0.1, 0.15) is 12.3 Å². The summed E-state index contributed by atoms with van der Waals surface area (Å²) in [6.45, 7) is 3.74. The van der Waals surface area contributed by atoms with E-state index in [2.05, 4.69) is 5.16 Å². The molecule has 0 spiro atoms. The van der Waals surface area contributed by atoms with Gasteiger partial charge < -0.3 is 9.57 Å². The van der Waals surface area contributed by atoms with Gasteiger partial charge in [0, 0.05) is 4.75 Å². The number of nitrogens with zero attached hydrogens (tertiary/aromatic N) is 2. The van der Waals surface area contributed by atoms with E-state index in [4.69, 9.17) is 9.57 Å². The minimum atomic E-state index is -0.647. The molecule has 0 aromatic rings. The van der Waals surface area contributed by atoms with Crippen molar-refractivity contribution in [3.63, 3.8) is 0 Å². The van der Waals surface area contributed by atoms with Gasteiger partial charge in [-0.15, -0.1) is 0 Å². The first-order chi connectivity index (χ1) is 7.47. The van der Waals surface area contributed by atoms with E-state index in [0.29, 0.717) is 0 Å². The van der Waals surface area contributed by atoms with Crippen LogP contribution in [0.2, 0.25) is 0 Å². The number of methoxy groups -OCH3 is 1. The Labute approximate surface area is 96.9 Å². The third-order valence-electron chi connectivity index (χ3n) is 2.56. The second-order valence-corrected chi connectivity index (χ2v) is 5.73. The van der Waals surface area contributed by atoms with Gasteiger partial charge in [0.2, 0.25) is 0 Å². The van der Waals surface area contributed by atoms with Crippen molar-refractivity contribution in [2.75, 3.05) is 7.11 Å². The number of fused-ring (bicyclic) bond motifs is 1. The molecule has 1 fully saturated rings. The number of hydrogen-bond donors (Lipinski definition) is 0. The van der Waals surface area contributed by atoms with Crippen LogP contribution in [0.3, 0.4) is 0 Å². The number of carbonyl (C=O) groups excluding carboxylic acids is 2. The number of ether oxygens (including phenoxy) is 1. The zero-order chi connectivity index (χ0) is 11.9. The molecule has 2 aliphatic rings. The van der Waals surface area contributed by atoms with Crippen molar-refractivity contribution in [1.82, 2.24) is 4.90 Å². The normalized spacial score (nSPS) is 30.9. The van der Waals surface area contributed by atoms with Gasteiger partial charge in [0.05, 0.1) is 7.11 Å². The first-order valence-electron chi connectivity index (χ1n) is 4.74. The summed E-state index contributed by atoms with van der Waals surface area (Å²) in [7, 11) is 1.31. The number of esters is 1. The standard InChI is InChI=1S/C9H12N2O4S/c1-9(2)6(7(13)14-3)11-5(12)4-10-15-8(11)16-9/h4,6,8H,1-3H3/t6-,8-/m0/s1. The molecule has 0 unspecified atom stereocenters. The van der Waals surface area contributed by atoms with Crippen LogP contribution in [0.25, 0.3) is 0 Å². The van der Waals surface area contributed by atoms with E-state index >= 15 is 0 Å². The Bertz CT molecular complexity index is 369. The highest BCUT2D eigenvalue weighted by atomic mass is 32.2. The van der Waals surface area contributed by atoms with Crippen molar-refractivity contribution >= 4 is 29.9 Å². The molecule has 7 heteroatoms. The molecule has 1 saturated heterocycles. The van der Waals surface area contributed by atoms with E-state index in [-0.39, 0.29) is 5.91 Å². The molecule has 1 amide bonds. The van der Waals surface area contributed by atoms with Crippen LogP contribution in [-0.2, 0) is 19.2 Å².